The number of thiazole rings is 1. The average molecular weight is 332 g/mol. The van der Waals surface area contributed by atoms with E-state index in [0.717, 1.165) is 16.9 Å². The summed E-state index contributed by atoms with van der Waals surface area (Å²) in [6.45, 7) is 0.161. The third kappa shape index (κ3) is 3.30. The maximum Gasteiger partial charge on any atom is 0.347 e. The average Bonchev–Trinajstić information content (AvgIpc) is 2.78. The summed E-state index contributed by atoms with van der Waals surface area (Å²) < 4.78 is 4.96. The van der Waals surface area contributed by atoms with Gasteiger partial charge in [0.2, 0.25) is 0 Å². The van der Waals surface area contributed by atoms with Gasteiger partial charge in [-0.3, -0.25) is 0 Å². The zero-order valence-corrected chi connectivity index (χ0v) is 12.8. The molecule has 0 atom stereocenters. The van der Waals surface area contributed by atoms with Crippen LogP contribution in [0.4, 0.5) is 0 Å². The number of rotatable bonds is 5. The van der Waals surface area contributed by atoms with Crippen molar-refractivity contribution in [2.24, 2.45) is 0 Å². The van der Waals surface area contributed by atoms with Gasteiger partial charge in [-0.2, -0.15) is 0 Å². The number of benzene rings is 1. The van der Waals surface area contributed by atoms with Crippen molar-refractivity contribution in [1.29, 1.82) is 0 Å². The van der Waals surface area contributed by atoms with Crippen molar-refractivity contribution < 1.29 is 14.6 Å². The largest absolute Gasteiger partial charge is 0.477 e. The molecule has 0 spiro atoms. The Hall–Kier alpha value is -1.14. The predicted octanol–water partition coefficient (Wildman–Crippen LogP) is 3.89. The van der Waals surface area contributed by atoms with E-state index in [9.17, 15) is 4.79 Å². The summed E-state index contributed by atoms with van der Waals surface area (Å²) in [6, 6.07) is 5.24. The van der Waals surface area contributed by atoms with Gasteiger partial charge in [0, 0.05) is 23.6 Å². The van der Waals surface area contributed by atoms with Crippen molar-refractivity contribution in [2.75, 3.05) is 7.11 Å². The molecule has 106 valence electrons. The SMILES string of the molecule is COCc1nc(Cc2c(Cl)cccc2Cl)sc1C(=O)O. The molecule has 1 heterocycles. The van der Waals surface area contributed by atoms with E-state index >= 15 is 0 Å². The zero-order valence-electron chi connectivity index (χ0n) is 10.5. The Morgan fingerprint density at radius 1 is 1.40 bits per heavy atom. The van der Waals surface area contributed by atoms with Crippen LogP contribution in [0.15, 0.2) is 18.2 Å². The highest BCUT2D eigenvalue weighted by Crippen LogP contribution is 2.29. The van der Waals surface area contributed by atoms with Crippen LogP contribution in [0, 0.1) is 0 Å². The molecule has 0 aliphatic heterocycles. The Bertz CT molecular complexity index is 622. The van der Waals surface area contributed by atoms with Crippen LogP contribution in [0.25, 0.3) is 0 Å². The van der Waals surface area contributed by atoms with Gasteiger partial charge in [0.15, 0.2) is 0 Å². The third-order valence-corrected chi connectivity index (χ3v) is 4.40. The first-order valence-corrected chi connectivity index (χ1v) is 7.24. The Balaban J connectivity index is 2.34. The minimum absolute atomic E-state index is 0.161. The molecule has 2 rings (SSSR count). The van der Waals surface area contributed by atoms with Gasteiger partial charge in [0.25, 0.3) is 0 Å². The van der Waals surface area contributed by atoms with Crippen molar-refractivity contribution in [3.05, 3.63) is 49.4 Å². The van der Waals surface area contributed by atoms with Gasteiger partial charge in [0.1, 0.15) is 4.88 Å². The van der Waals surface area contributed by atoms with E-state index in [4.69, 9.17) is 33.0 Å². The van der Waals surface area contributed by atoms with Crippen LogP contribution in [0.1, 0.15) is 25.9 Å². The van der Waals surface area contributed by atoms with Gasteiger partial charge in [-0.1, -0.05) is 29.3 Å². The van der Waals surface area contributed by atoms with E-state index < -0.39 is 5.97 Å². The summed E-state index contributed by atoms with van der Waals surface area (Å²) >= 11 is 13.3. The summed E-state index contributed by atoms with van der Waals surface area (Å²) in [7, 11) is 1.50. The van der Waals surface area contributed by atoms with E-state index in [1.807, 2.05) is 0 Å². The summed E-state index contributed by atoms with van der Waals surface area (Å²) in [6.07, 6.45) is 0.396. The molecule has 0 saturated heterocycles. The normalized spacial score (nSPS) is 10.8. The molecular weight excluding hydrogens is 321 g/mol. The minimum Gasteiger partial charge on any atom is -0.477 e. The van der Waals surface area contributed by atoms with E-state index in [0.29, 0.717) is 27.2 Å². The lowest BCUT2D eigenvalue weighted by atomic mass is 10.1. The summed E-state index contributed by atoms with van der Waals surface area (Å²) in [5, 5.41) is 10.9. The number of hydrogen-bond acceptors (Lipinski definition) is 4. The number of carboxylic acids is 1. The Morgan fingerprint density at radius 2 is 2.05 bits per heavy atom. The smallest absolute Gasteiger partial charge is 0.347 e. The number of halogens is 2. The van der Waals surface area contributed by atoms with Crippen LogP contribution in [0.2, 0.25) is 10.0 Å². The lowest BCUT2D eigenvalue weighted by molar-refractivity contribution is 0.0697. The highest BCUT2D eigenvalue weighted by molar-refractivity contribution is 7.13. The second kappa shape index (κ2) is 6.54. The van der Waals surface area contributed by atoms with Gasteiger partial charge < -0.3 is 9.84 Å². The molecule has 4 nitrogen and oxygen atoms in total. The van der Waals surface area contributed by atoms with Crippen molar-refractivity contribution >= 4 is 40.5 Å². The molecule has 1 aromatic carbocycles. The van der Waals surface area contributed by atoms with Crippen molar-refractivity contribution in [3.8, 4) is 0 Å². The van der Waals surface area contributed by atoms with Gasteiger partial charge >= 0.3 is 5.97 Å². The number of ether oxygens (including phenoxy) is 1. The first kappa shape index (κ1) is 15.3. The van der Waals surface area contributed by atoms with Crippen LogP contribution in [0.3, 0.4) is 0 Å². The fourth-order valence-electron chi connectivity index (χ4n) is 1.73. The molecule has 0 radical (unpaired) electrons. The summed E-state index contributed by atoms with van der Waals surface area (Å²) in [4.78, 5) is 15.6. The van der Waals surface area contributed by atoms with Crippen molar-refractivity contribution in [2.45, 2.75) is 13.0 Å². The standard InChI is InChI=1S/C13H11Cl2NO3S/c1-19-6-10-12(13(17)18)20-11(16-10)5-7-8(14)3-2-4-9(7)15/h2-4H,5-6H2,1H3,(H,17,18). The molecule has 0 aliphatic rings. The van der Waals surface area contributed by atoms with Crippen LogP contribution >= 0.6 is 34.5 Å². The highest BCUT2D eigenvalue weighted by atomic mass is 35.5. The second-order valence-electron chi connectivity index (χ2n) is 4.00. The lowest BCUT2D eigenvalue weighted by Gasteiger charge is -2.04. The first-order chi connectivity index (χ1) is 9.52. The molecule has 1 N–H and O–H groups in total. The van der Waals surface area contributed by atoms with E-state index in [1.54, 1.807) is 18.2 Å². The third-order valence-electron chi connectivity index (χ3n) is 2.61. The molecule has 20 heavy (non-hydrogen) atoms. The van der Waals surface area contributed by atoms with Crippen LogP contribution < -0.4 is 0 Å². The Morgan fingerprint density at radius 3 is 2.60 bits per heavy atom. The van der Waals surface area contributed by atoms with Gasteiger partial charge in [-0.25, -0.2) is 9.78 Å². The molecule has 0 amide bonds. The lowest BCUT2D eigenvalue weighted by Crippen LogP contribution is -1.99. The van der Waals surface area contributed by atoms with Crippen LogP contribution in [-0.4, -0.2) is 23.2 Å². The van der Waals surface area contributed by atoms with Gasteiger partial charge in [0.05, 0.1) is 17.3 Å². The number of aromatic nitrogens is 1. The van der Waals surface area contributed by atoms with Crippen molar-refractivity contribution in [3.63, 3.8) is 0 Å². The number of methoxy groups -OCH3 is 1. The van der Waals surface area contributed by atoms with E-state index in [2.05, 4.69) is 4.98 Å². The number of carboxylic acid groups (broad SMARTS) is 1. The number of hydrogen-bond donors (Lipinski definition) is 1. The fourth-order valence-corrected chi connectivity index (χ4v) is 3.18. The Labute approximate surface area is 129 Å². The molecule has 1 aromatic heterocycles. The topological polar surface area (TPSA) is 59.4 Å². The predicted molar refractivity (Wildman–Crippen MR) is 79.1 cm³/mol. The maximum atomic E-state index is 11.2. The fraction of sp³-hybridized carbons (Fsp3) is 0.231. The highest BCUT2D eigenvalue weighted by Gasteiger charge is 2.18. The quantitative estimate of drug-likeness (QED) is 0.902. The maximum absolute atomic E-state index is 11.2. The van der Waals surface area contributed by atoms with E-state index in [1.165, 1.54) is 7.11 Å². The summed E-state index contributed by atoms with van der Waals surface area (Å²) in [5.74, 6) is -1.01. The van der Waals surface area contributed by atoms with Gasteiger partial charge in [-0.05, 0) is 17.7 Å². The molecule has 0 unspecified atom stereocenters. The Kier molecular flexibility index (Phi) is 4.99. The summed E-state index contributed by atoms with van der Waals surface area (Å²) in [5.41, 5.74) is 1.16. The van der Waals surface area contributed by atoms with Gasteiger partial charge in [-0.15, -0.1) is 11.3 Å². The zero-order chi connectivity index (χ0) is 14.7. The second-order valence-corrected chi connectivity index (χ2v) is 5.90. The molecule has 0 fully saturated rings. The first-order valence-electron chi connectivity index (χ1n) is 5.66. The molecule has 0 saturated carbocycles. The minimum atomic E-state index is -1.01. The van der Waals surface area contributed by atoms with Crippen LogP contribution in [-0.2, 0) is 17.8 Å². The molecular formula is C13H11Cl2NO3S. The molecule has 0 bridgehead atoms. The molecule has 2 aromatic rings. The number of aromatic carboxylic acids is 1. The van der Waals surface area contributed by atoms with E-state index in [-0.39, 0.29) is 11.5 Å². The number of carbonyl (C=O) groups is 1. The molecule has 0 aliphatic carbocycles. The number of nitrogens with zero attached hydrogens (tertiary/aromatic N) is 1. The molecule has 7 heteroatoms. The van der Waals surface area contributed by atoms with Crippen LogP contribution in [0.5, 0.6) is 0 Å². The van der Waals surface area contributed by atoms with Crippen molar-refractivity contribution in [1.82, 2.24) is 4.98 Å². The monoisotopic (exact) mass is 331 g/mol.